The van der Waals surface area contributed by atoms with E-state index in [4.69, 9.17) is 34.4 Å². The Morgan fingerprint density at radius 3 is 2.06 bits per heavy atom. The number of primary amides is 1. The van der Waals surface area contributed by atoms with Gasteiger partial charge in [-0.3, -0.25) is 53.1 Å². The molecule has 0 spiro atoms. The quantitative estimate of drug-likeness (QED) is 0.0422. The summed E-state index contributed by atoms with van der Waals surface area (Å²) in [5.41, 5.74) is 33.5. The van der Waals surface area contributed by atoms with Crippen molar-refractivity contribution in [3.05, 3.63) is 71.4 Å². The number of rotatable bonds is 18. The van der Waals surface area contributed by atoms with Gasteiger partial charge in [0.1, 0.15) is 30.0 Å². The van der Waals surface area contributed by atoms with E-state index < -0.39 is 144 Å². The molecule has 1 aliphatic heterocycles. The van der Waals surface area contributed by atoms with Crippen molar-refractivity contribution in [1.82, 2.24) is 36.9 Å². The first kappa shape index (κ1) is 62.4. The standard InChI is InChI=1S/C51H72F3N15O9/c1-28(70)65-37(15-8-22-63-50(59)60)46(76)67-38-16-17-43(73)61-20-7-14-36(44(56)74)66-45(75)31(23-32-27-64-35-13-5-3-11-33(32)35)26-41(71)30(10-6-21-62-49(57)58)25-42(72)40(69-48(78)39(18-19-55)68-47(38)77)24-29-9-2-4-12-34(29)51(52,53)54/h2-5,9,11-13,27,30-31,36-40,64H,6-8,10,14-26,55H2,1H3,(H2,56,74)(H,61,73)(H,65,70)(H,66,75)(H,67,76)(H,68,77)(H,69,78)(H4,57,58,62)(H4,59,60,63)/t30-,31-,36+,37+,38+,39+,40-/m1/s1. The van der Waals surface area contributed by atoms with Crippen molar-refractivity contribution in [2.24, 2.45) is 56.2 Å². The first-order valence-corrected chi connectivity index (χ1v) is 25.6. The number of nitrogens with one attached hydrogen (secondary N) is 7. The fourth-order valence-corrected chi connectivity index (χ4v) is 8.99. The van der Waals surface area contributed by atoms with Crippen LogP contribution in [0.15, 0.2) is 64.7 Å². The van der Waals surface area contributed by atoms with Crippen molar-refractivity contribution in [2.75, 3.05) is 26.2 Å². The number of aromatic nitrogens is 1. The number of para-hydroxylation sites is 1. The third kappa shape index (κ3) is 20.5. The summed E-state index contributed by atoms with van der Waals surface area (Å²) in [5, 5.41) is 16.1. The van der Waals surface area contributed by atoms with Gasteiger partial charge < -0.3 is 71.3 Å². The SMILES string of the molecule is CC(=O)N[C@@H](CCCN=C(N)N)C(=O)N[C@H]1CCC(=O)NCCC[C@@H](C(N)=O)NC(=O)[C@H](Cc2c[nH]c3ccccc23)CC(=O)[C@H](CCCN=C(N)N)CC(=O)[C@@H](Cc2ccccc2C(F)(F)F)NC(=O)[C@H](CCN)NC1=O. The van der Waals surface area contributed by atoms with Crippen LogP contribution in [-0.2, 0) is 62.2 Å². The lowest BCUT2D eigenvalue weighted by Gasteiger charge is -2.27. The number of hydrogen-bond donors (Lipinski definition) is 13. The number of aromatic amines is 1. The molecule has 7 atom stereocenters. The molecule has 27 heteroatoms. The van der Waals surface area contributed by atoms with Crippen molar-refractivity contribution < 1.29 is 56.3 Å². The highest BCUT2D eigenvalue weighted by molar-refractivity contribution is 5.98. The van der Waals surface area contributed by atoms with E-state index >= 15 is 0 Å². The zero-order chi connectivity index (χ0) is 57.5. The highest BCUT2D eigenvalue weighted by Gasteiger charge is 2.38. The Bertz CT molecular complexity index is 2650. The number of alkyl halides is 3. The lowest BCUT2D eigenvalue weighted by Crippen LogP contribution is -2.58. The fraction of sp³-hybridized carbons (Fsp3) is 0.510. The van der Waals surface area contributed by atoms with Gasteiger partial charge in [0.2, 0.25) is 41.4 Å². The molecule has 0 saturated carbocycles. The van der Waals surface area contributed by atoms with Crippen LogP contribution < -0.4 is 66.3 Å². The zero-order valence-electron chi connectivity index (χ0n) is 43.4. The summed E-state index contributed by atoms with van der Waals surface area (Å²) in [6.07, 6.45) is -6.10. The van der Waals surface area contributed by atoms with Crippen LogP contribution in [0.2, 0.25) is 0 Å². The molecule has 426 valence electrons. The minimum Gasteiger partial charge on any atom is -0.370 e. The van der Waals surface area contributed by atoms with E-state index in [0.29, 0.717) is 5.56 Å². The summed E-state index contributed by atoms with van der Waals surface area (Å²) >= 11 is 0. The van der Waals surface area contributed by atoms with E-state index in [2.05, 4.69) is 46.9 Å². The number of nitrogens with zero attached hydrogens (tertiary/aromatic N) is 2. The van der Waals surface area contributed by atoms with Crippen LogP contribution in [-0.4, -0.2) is 126 Å². The molecule has 7 amide bonds. The smallest absolute Gasteiger partial charge is 0.370 e. The van der Waals surface area contributed by atoms with Crippen LogP contribution in [0.1, 0.15) is 94.2 Å². The van der Waals surface area contributed by atoms with Gasteiger partial charge in [0.05, 0.1) is 11.6 Å². The second kappa shape index (κ2) is 30.6. The predicted molar refractivity (Wildman–Crippen MR) is 283 cm³/mol. The molecule has 1 fully saturated rings. The molecule has 24 nitrogen and oxygen atoms in total. The number of guanidine groups is 2. The molecule has 1 aromatic heterocycles. The summed E-state index contributed by atoms with van der Waals surface area (Å²) in [5.74, 6) is -10.3. The summed E-state index contributed by atoms with van der Waals surface area (Å²) in [6, 6.07) is 4.05. The number of H-pyrrole nitrogens is 1. The van der Waals surface area contributed by atoms with E-state index in [-0.39, 0.29) is 89.5 Å². The highest BCUT2D eigenvalue weighted by Crippen LogP contribution is 2.33. The van der Waals surface area contributed by atoms with Gasteiger partial charge in [0.25, 0.3) is 0 Å². The van der Waals surface area contributed by atoms with Crippen LogP contribution in [0.5, 0.6) is 0 Å². The Balaban J connectivity index is 1.82. The van der Waals surface area contributed by atoms with E-state index in [1.54, 1.807) is 30.5 Å². The van der Waals surface area contributed by atoms with Gasteiger partial charge in [-0.15, -0.1) is 0 Å². The lowest BCUT2D eigenvalue weighted by molar-refractivity contribution is -0.138. The van der Waals surface area contributed by atoms with Crippen LogP contribution in [0, 0.1) is 11.8 Å². The maximum absolute atomic E-state index is 14.8. The maximum Gasteiger partial charge on any atom is 0.416 e. The Labute approximate surface area is 448 Å². The molecule has 0 unspecified atom stereocenters. The second-order valence-electron chi connectivity index (χ2n) is 19.1. The minimum atomic E-state index is -4.91. The first-order chi connectivity index (χ1) is 37.0. The third-order valence-corrected chi connectivity index (χ3v) is 13.0. The van der Waals surface area contributed by atoms with Crippen LogP contribution in [0.3, 0.4) is 0 Å². The topological polar surface area (TPSA) is 422 Å². The summed E-state index contributed by atoms with van der Waals surface area (Å²) in [7, 11) is 0. The number of Topliss-reactive ketones (excluding diaryl/α,β-unsaturated/α-hetero) is 2. The van der Waals surface area contributed by atoms with E-state index in [1.165, 1.54) is 6.07 Å². The van der Waals surface area contributed by atoms with Crippen LogP contribution >= 0.6 is 0 Å². The second-order valence-corrected chi connectivity index (χ2v) is 19.1. The number of amides is 7. The third-order valence-electron chi connectivity index (χ3n) is 13.0. The van der Waals surface area contributed by atoms with Crippen LogP contribution in [0.4, 0.5) is 13.2 Å². The first-order valence-electron chi connectivity index (χ1n) is 25.6. The van der Waals surface area contributed by atoms with Crippen molar-refractivity contribution in [3.8, 4) is 0 Å². The number of benzene rings is 2. The van der Waals surface area contributed by atoms with Gasteiger partial charge in [0.15, 0.2) is 17.7 Å². The molecule has 0 aliphatic carbocycles. The number of nitrogens with two attached hydrogens (primary N) is 6. The highest BCUT2D eigenvalue weighted by atomic mass is 19.4. The number of aliphatic imine (C=N–C) groups is 2. The lowest BCUT2D eigenvalue weighted by atomic mass is 9.83. The molecular formula is C51H72F3N15O9. The van der Waals surface area contributed by atoms with Gasteiger partial charge in [-0.25, -0.2) is 0 Å². The molecule has 19 N–H and O–H groups in total. The average Bonchev–Trinajstić information content (AvgIpc) is 3.80. The van der Waals surface area contributed by atoms with Gasteiger partial charge >= 0.3 is 6.18 Å². The van der Waals surface area contributed by atoms with E-state index in [9.17, 15) is 56.3 Å². The molecule has 1 saturated heterocycles. The summed E-state index contributed by atoms with van der Waals surface area (Å²) in [4.78, 5) is 136. The molecule has 78 heavy (non-hydrogen) atoms. The summed E-state index contributed by atoms with van der Waals surface area (Å²) < 4.78 is 43.5. The average molecular weight is 1100 g/mol. The number of hydrogen-bond acceptors (Lipinski definition) is 12. The molecule has 0 bridgehead atoms. The molecule has 2 aromatic carbocycles. The van der Waals surface area contributed by atoms with Crippen LogP contribution in [0.25, 0.3) is 10.9 Å². The van der Waals surface area contributed by atoms with E-state index in [0.717, 1.165) is 36.0 Å². The van der Waals surface area contributed by atoms with Gasteiger partial charge in [0, 0.05) is 81.2 Å². The Morgan fingerprint density at radius 2 is 1.40 bits per heavy atom. The van der Waals surface area contributed by atoms with Crippen molar-refractivity contribution in [1.29, 1.82) is 0 Å². The Morgan fingerprint density at radius 1 is 0.744 bits per heavy atom. The van der Waals surface area contributed by atoms with Crippen molar-refractivity contribution in [3.63, 3.8) is 0 Å². The normalized spacial score (nSPS) is 21.2. The molecule has 1 aliphatic rings. The largest absolute Gasteiger partial charge is 0.416 e. The van der Waals surface area contributed by atoms with Gasteiger partial charge in [-0.2, -0.15) is 13.2 Å². The van der Waals surface area contributed by atoms with Crippen molar-refractivity contribution >= 4 is 75.7 Å². The maximum atomic E-state index is 14.8. The van der Waals surface area contributed by atoms with Gasteiger partial charge in [-0.1, -0.05) is 36.4 Å². The molecular weight excluding hydrogens is 1020 g/mol. The molecule has 3 aromatic rings. The molecule has 4 rings (SSSR count). The number of fused-ring (bicyclic) bond motifs is 1. The monoisotopic (exact) mass is 1100 g/mol. The van der Waals surface area contributed by atoms with E-state index in [1.807, 2.05) is 0 Å². The number of halogens is 3. The number of carbonyl (C=O) groups is 9. The minimum absolute atomic E-state index is 0.00529. The molecule has 2 heterocycles. The van der Waals surface area contributed by atoms with Crippen molar-refractivity contribution in [2.45, 2.75) is 127 Å². The number of carbonyl (C=O) groups excluding carboxylic acids is 9. The number of ketones is 2. The Kier molecular flexibility index (Phi) is 24.5. The molecule has 0 radical (unpaired) electrons. The summed E-state index contributed by atoms with van der Waals surface area (Å²) in [6.45, 7) is 0.914. The Hall–Kier alpha value is -8.10. The predicted octanol–water partition coefficient (Wildman–Crippen LogP) is -0.802. The zero-order valence-corrected chi connectivity index (χ0v) is 43.4. The van der Waals surface area contributed by atoms with Gasteiger partial charge in [-0.05, 0) is 87.6 Å². The fourth-order valence-electron chi connectivity index (χ4n) is 8.99.